The molecule has 0 saturated heterocycles. The van der Waals surface area contributed by atoms with Gasteiger partial charge in [0.1, 0.15) is 0 Å². The summed E-state index contributed by atoms with van der Waals surface area (Å²) in [5.74, 6) is -0.857. The highest BCUT2D eigenvalue weighted by molar-refractivity contribution is 5.66. The lowest BCUT2D eigenvalue weighted by Gasteiger charge is -1.99. The van der Waals surface area contributed by atoms with Gasteiger partial charge in [-0.25, -0.2) is 0 Å². The van der Waals surface area contributed by atoms with Gasteiger partial charge in [-0.15, -0.1) is 0 Å². The predicted molar refractivity (Wildman–Crippen MR) is 132 cm³/mol. The molecule has 0 aromatic heterocycles. The molecule has 31 heavy (non-hydrogen) atoms. The molecule has 4 nitrogen and oxygen atoms in total. The van der Waals surface area contributed by atoms with E-state index in [4.69, 9.17) is 9.84 Å². The summed E-state index contributed by atoms with van der Waals surface area (Å²) in [6, 6.07) is 0. The van der Waals surface area contributed by atoms with Crippen molar-refractivity contribution in [1.82, 2.24) is 0 Å². The summed E-state index contributed by atoms with van der Waals surface area (Å²) >= 11 is 0. The molecule has 182 valence electrons. The van der Waals surface area contributed by atoms with Crippen LogP contribution in [0.5, 0.6) is 0 Å². The van der Waals surface area contributed by atoms with Gasteiger partial charge in [0, 0.05) is 13.3 Å². The molecule has 0 aromatic carbocycles. The summed E-state index contributed by atoms with van der Waals surface area (Å²) < 4.78 is 4.86. The quantitative estimate of drug-likeness (QED) is 0.118. The summed E-state index contributed by atoms with van der Waals surface area (Å²) in [4.78, 5) is 20.7. The molecule has 0 radical (unpaired) electrons. The first-order valence-corrected chi connectivity index (χ1v) is 12.7. The molecule has 0 saturated carbocycles. The molecule has 0 rings (SSSR count). The summed E-state index contributed by atoms with van der Waals surface area (Å²) in [5.41, 5.74) is 0. The van der Waals surface area contributed by atoms with Crippen LogP contribution in [-0.4, -0.2) is 23.7 Å². The lowest BCUT2D eigenvalue weighted by molar-refractivity contribution is -0.141. The van der Waals surface area contributed by atoms with Crippen LogP contribution in [0.2, 0.25) is 0 Å². The third kappa shape index (κ3) is 36.2. The van der Waals surface area contributed by atoms with E-state index in [9.17, 15) is 9.59 Å². The Hall–Kier alpha value is -1.58. The lowest BCUT2D eigenvalue weighted by Crippen LogP contribution is -1.99. The zero-order valence-electron chi connectivity index (χ0n) is 20.7. The Morgan fingerprint density at radius 3 is 1.55 bits per heavy atom. The van der Waals surface area contributed by atoms with E-state index < -0.39 is 5.97 Å². The number of esters is 1. The van der Waals surface area contributed by atoms with Crippen LogP contribution in [-0.2, 0) is 14.3 Å². The molecule has 0 aliphatic carbocycles. The normalized spacial score (nSPS) is 10.9. The van der Waals surface area contributed by atoms with Crippen molar-refractivity contribution >= 4 is 11.9 Å². The second kappa shape index (κ2) is 28.4. The molecule has 1 N–H and O–H groups in total. The number of ether oxygens (including phenoxy) is 1. The third-order valence-electron chi connectivity index (χ3n) is 4.86. The van der Waals surface area contributed by atoms with Crippen LogP contribution in [0, 0.1) is 0 Å². The standard InChI is InChI=1S/C15H28O2.C12H22O2/c1-3-4-5-6-7-8-9-10-11-12-13-14-17-15(2)16;1-2-3-4-5-6-7-8-9-10-11-12(13)14/h9-10H,3-8,11-14H2,1-2H3;6-7H,2-5,8-11H2,1H3,(H,13,14)/b;7-6-. The van der Waals surface area contributed by atoms with E-state index in [-0.39, 0.29) is 5.97 Å². The fourth-order valence-corrected chi connectivity index (χ4v) is 2.97. The number of carbonyl (C=O) groups excluding carboxylic acids is 1. The number of allylic oxidation sites excluding steroid dienone is 4. The highest BCUT2D eigenvalue weighted by Crippen LogP contribution is 2.06. The van der Waals surface area contributed by atoms with Gasteiger partial charge in [0.15, 0.2) is 0 Å². The van der Waals surface area contributed by atoms with Gasteiger partial charge in [-0.05, 0) is 64.2 Å². The summed E-state index contributed by atoms with van der Waals surface area (Å²) in [5, 5.41) is 8.40. The predicted octanol–water partition coefficient (Wildman–Crippen LogP) is 8.40. The Bertz CT molecular complexity index is 441. The number of carboxylic acid groups (broad SMARTS) is 1. The fourth-order valence-electron chi connectivity index (χ4n) is 2.97. The summed E-state index contributed by atoms with van der Waals surface area (Å²) in [6.07, 6.45) is 28.3. The molecule has 0 heterocycles. The average molecular weight is 439 g/mol. The first-order valence-electron chi connectivity index (χ1n) is 12.7. The molecule has 0 bridgehead atoms. The van der Waals surface area contributed by atoms with E-state index >= 15 is 0 Å². The lowest BCUT2D eigenvalue weighted by atomic mass is 10.1. The topological polar surface area (TPSA) is 63.6 Å². The Balaban J connectivity index is 0. The highest BCUT2D eigenvalue weighted by Gasteiger charge is 1.94. The van der Waals surface area contributed by atoms with Crippen molar-refractivity contribution in [3.05, 3.63) is 24.3 Å². The first-order chi connectivity index (χ1) is 15.0. The van der Waals surface area contributed by atoms with Crippen LogP contribution in [0.15, 0.2) is 24.3 Å². The van der Waals surface area contributed by atoms with Gasteiger partial charge in [-0.2, -0.15) is 0 Å². The molecule has 0 amide bonds. The van der Waals surface area contributed by atoms with Crippen molar-refractivity contribution in [3.63, 3.8) is 0 Å². The van der Waals surface area contributed by atoms with Crippen LogP contribution >= 0.6 is 0 Å². The minimum Gasteiger partial charge on any atom is -0.481 e. The molecule has 0 fully saturated rings. The number of aliphatic carboxylic acids is 1. The van der Waals surface area contributed by atoms with Gasteiger partial charge in [0.2, 0.25) is 0 Å². The van der Waals surface area contributed by atoms with Crippen molar-refractivity contribution in [2.75, 3.05) is 6.61 Å². The van der Waals surface area contributed by atoms with Gasteiger partial charge >= 0.3 is 11.9 Å². The maximum atomic E-state index is 10.5. The van der Waals surface area contributed by atoms with Crippen molar-refractivity contribution in [2.45, 2.75) is 130 Å². The van der Waals surface area contributed by atoms with E-state index in [0.29, 0.717) is 13.0 Å². The largest absolute Gasteiger partial charge is 0.481 e. The van der Waals surface area contributed by atoms with Crippen molar-refractivity contribution in [2.24, 2.45) is 0 Å². The molecule has 0 aliphatic heterocycles. The SMILES string of the molecule is CCCCC/C=C\CCCCC(=O)O.CCCCCCCC=CCCCCOC(C)=O. The zero-order chi connectivity index (χ0) is 23.4. The number of hydrogen-bond acceptors (Lipinski definition) is 3. The van der Waals surface area contributed by atoms with Gasteiger partial charge < -0.3 is 9.84 Å². The molecule has 0 aliphatic rings. The summed E-state index contributed by atoms with van der Waals surface area (Å²) in [7, 11) is 0. The van der Waals surface area contributed by atoms with Crippen molar-refractivity contribution in [1.29, 1.82) is 0 Å². The Kier molecular flexibility index (Phi) is 29.0. The van der Waals surface area contributed by atoms with E-state index in [1.54, 1.807) is 0 Å². The minimum absolute atomic E-state index is 0.173. The van der Waals surface area contributed by atoms with E-state index in [2.05, 4.69) is 38.2 Å². The highest BCUT2D eigenvalue weighted by atomic mass is 16.5. The minimum atomic E-state index is -0.683. The number of rotatable bonds is 20. The van der Waals surface area contributed by atoms with Gasteiger partial charge in [0.05, 0.1) is 6.61 Å². The van der Waals surface area contributed by atoms with Gasteiger partial charge in [-0.1, -0.05) is 76.7 Å². The van der Waals surface area contributed by atoms with Crippen LogP contribution in [0.25, 0.3) is 0 Å². The average Bonchev–Trinajstić information content (AvgIpc) is 2.73. The van der Waals surface area contributed by atoms with Gasteiger partial charge in [0.25, 0.3) is 0 Å². The van der Waals surface area contributed by atoms with Gasteiger partial charge in [-0.3, -0.25) is 9.59 Å². The molecule has 0 unspecified atom stereocenters. The monoisotopic (exact) mass is 438 g/mol. The Morgan fingerprint density at radius 2 is 1.06 bits per heavy atom. The maximum absolute atomic E-state index is 10.5. The second-order valence-electron chi connectivity index (χ2n) is 8.12. The Morgan fingerprint density at radius 1 is 0.645 bits per heavy atom. The van der Waals surface area contributed by atoms with Crippen molar-refractivity contribution in [3.8, 4) is 0 Å². The van der Waals surface area contributed by atoms with Crippen LogP contribution < -0.4 is 0 Å². The second-order valence-corrected chi connectivity index (χ2v) is 8.12. The van der Waals surface area contributed by atoms with Crippen LogP contribution in [0.1, 0.15) is 130 Å². The molecule has 0 aromatic rings. The number of carbonyl (C=O) groups is 2. The zero-order valence-corrected chi connectivity index (χ0v) is 20.7. The molecule has 0 spiro atoms. The molecule has 0 atom stereocenters. The van der Waals surface area contributed by atoms with Crippen LogP contribution in [0.3, 0.4) is 0 Å². The number of carboxylic acids is 1. The van der Waals surface area contributed by atoms with Crippen molar-refractivity contribution < 1.29 is 19.4 Å². The molecule has 4 heteroatoms. The third-order valence-corrected chi connectivity index (χ3v) is 4.86. The first kappa shape index (κ1) is 31.6. The maximum Gasteiger partial charge on any atom is 0.303 e. The smallest absolute Gasteiger partial charge is 0.303 e. The number of unbranched alkanes of at least 4 members (excludes halogenated alkanes) is 12. The summed E-state index contributed by atoms with van der Waals surface area (Å²) in [6.45, 7) is 6.48. The molecular formula is C27H50O4. The number of hydrogen-bond donors (Lipinski definition) is 1. The van der Waals surface area contributed by atoms with E-state index in [1.165, 1.54) is 71.1 Å². The van der Waals surface area contributed by atoms with E-state index in [0.717, 1.165) is 38.5 Å². The van der Waals surface area contributed by atoms with Crippen LogP contribution in [0.4, 0.5) is 0 Å². The fraction of sp³-hybridized carbons (Fsp3) is 0.778. The molecular weight excluding hydrogens is 388 g/mol. The van der Waals surface area contributed by atoms with E-state index in [1.807, 2.05) is 0 Å². The Labute approximate surface area is 192 Å².